The third-order valence-electron chi connectivity index (χ3n) is 4.38. The lowest BCUT2D eigenvalue weighted by Crippen LogP contribution is -2.43. The standard InChI is InChI=1S/C17H23F3N6O/c1-4-21-14-12(5-17(18,19)20)6-22-15(25-14)24-13-7-23-26(11(13)2)8-16(3)9-27-10-16/h6-7H,4-5,8-10H2,1-3H3,(H2,21,22,24,25). The van der Waals surface area contributed by atoms with Gasteiger partial charge in [0.15, 0.2) is 0 Å². The van der Waals surface area contributed by atoms with Crippen LogP contribution in [-0.2, 0) is 17.7 Å². The van der Waals surface area contributed by atoms with Gasteiger partial charge in [0.05, 0.1) is 43.8 Å². The summed E-state index contributed by atoms with van der Waals surface area (Å²) in [5.41, 5.74) is 1.70. The Balaban J connectivity index is 1.77. The lowest BCUT2D eigenvalue weighted by atomic mass is 9.89. The van der Waals surface area contributed by atoms with Crippen LogP contribution < -0.4 is 10.6 Å². The summed E-state index contributed by atoms with van der Waals surface area (Å²) in [6.07, 6.45) is -2.53. The van der Waals surface area contributed by atoms with Crippen molar-refractivity contribution in [2.24, 2.45) is 5.41 Å². The molecule has 2 N–H and O–H groups in total. The predicted octanol–water partition coefficient (Wildman–Crippen LogP) is 3.30. The Morgan fingerprint density at radius 3 is 2.63 bits per heavy atom. The summed E-state index contributed by atoms with van der Waals surface area (Å²) in [6.45, 7) is 8.44. The Morgan fingerprint density at radius 2 is 2.04 bits per heavy atom. The van der Waals surface area contributed by atoms with E-state index in [4.69, 9.17) is 4.74 Å². The van der Waals surface area contributed by atoms with Crippen molar-refractivity contribution in [3.63, 3.8) is 0 Å². The molecule has 0 aromatic carbocycles. The number of rotatable bonds is 7. The Labute approximate surface area is 155 Å². The van der Waals surface area contributed by atoms with Crippen molar-refractivity contribution in [2.45, 2.75) is 39.9 Å². The summed E-state index contributed by atoms with van der Waals surface area (Å²) >= 11 is 0. The molecule has 10 heteroatoms. The molecule has 0 atom stereocenters. The quantitative estimate of drug-likeness (QED) is 0.763. The van der Waals surface area contributed by atoms with Gasteiger partial charge in [-0.2, -0.15) is 23.3 Å². The maximum Gasteiger partial charge on any atom is 0.393 e. The maximum atomic E-state index is 12.7. The zero-order valence-electron chi connectivity index (χ0n) is 15.5. The van der Waals surface area contributed by atoms with Gasteiger partial charge in [-0.05, 0) is 13.8 Å². The Bertz CT molecular complexity index is 800. The topological polar surface area (TPSA) is 76.9 Å². The first-order valence-corrected chi connectivity index (χ1v) is 8.73. The fourth-order valence-corrected chi connectivity index (χ4v) is 2.89. The SMILES string of the molecule is CCNc1nc(Nc2cnn(CC3(C)COC3)c2C)ncc1CC(F)(F)F. The molecule has 0 radical (unpaired) electrons. The van der Waals surface area contributed by atoms with Crippen LogP contribution in [0.2, 0.25) is 0 Å². The fraction of sp³-hybridized carbons (Fsp3) is 0.588. The van der Waals surface area contributed by atoms with Crippen molar-refractivity contribution < 1.29 is 17.9 Å². The molecule has 1 aliphatic rings. The first-order chi connectivity index (χ1) is 12.7. The molecule has 3 rings (SSSR count). The van der Waals surface area contributed by atoms with Gasteiger partial charge >= 0.3 is 6.18 Å². The number of nitrogens with zero attached hydrogens (tertiary/aromatic N) is 4. The number of hydrogen-bond acceptors (Lipinski definition) is 6. The molecule has 0 amide bonds. The summed E-state index contributed by atoms with van der Waals surface area (Å²) in [5.74, 6) is 0.397. The predicted molar refractivity (Wildman–Crippen MR) is 95.1 cm³/mol. The third-order valence-corrected chi connectivity index (χ3v) is 4.38. The summed E-state index contributed by atoms with van der Waals surface area (Å²) in [7, 11) is 0. The Hall–Kier alpha value is -2.36. The van der Waals surface area contributed by atoms with Gasteiger partial charge < -0.3 is 15.4 Å². The number of alkyl halides is 3. The van der Waals surface area contributed by atoms with Crippen molar-refractivity contribution in [2.75, 3.05) is 30.4 Å². The maximum absolute atomic E-state index is 12.7. The minimum atomic E-state index is -4.32. The number of anilines is 3. The van der Waals surface area contributed by atoms with Crippen LogP contribution in [0.1, 0.15) is 25.1 Å². The van der Waals surface area contributed by atoms with Gasteiger partial charge in [-0.25, -0.2) is 4.98 Å². The lowest BCUT2D eigenvalue weighted by molar-refractivity contribution is -0.127. The highest BCUT2D eigenvalue weighted by Crippen LogP contribution is 2.30. The molecule has 2 aromatic rings. The number of nitrogens with one attached hydrogen (secondary N) is 2. The molecule has 0 unspecified atom stereocenters. The molecule has 1 fully saturated rings. The van der Waals surface area contributed by atoms with E-state index in [0.717, 1.165) is 12.2 Å². The molecule has 3 heterocycles. The van der Waals surface area contributed by atoms with E-state index in [-0.39, 0.29) is 22.7 Å². The molecule has 0 aliphatic carbocycles. The highest BCUT2D eigenvalue weighted by molar-refractivity contribution is 5.57. The van der Waals surface area contributed by atoms with Crippen LogP contribution in [0.4, 0.5) is 30.6 Å². The van der Waals surface area contributed by atoms with Crippen molar-refractivity contribution in [3.05, 3.63) is 23.7 Å². The molecule has 1 saturated heterocycles. The summed E-state index contributed by atoms with van der Waals surface area (Å²) < 4.78 is 45.3. The molecule has 0 spiro atoms. The molecule has 27 heavy (non-hydrogen) atoms. The summed E-state index contributed by atoms with van der Waals surface area (Å²) in [4.78, 5) is 8.24. The number of aromatic nitrogens is 4. The molecule has 1 aliphatic heterocycles. The molecular formula is C17H23F3N6O. The fourth-order valence-electron chi connectivity index (χ4n) is 2.89. The molecule has 0 saturated carbocycles. The first kappa shape index (κ1) is 19.4. The second-order valence-electron chi connectivity index (χ2n) is 7.12. The van der Waals surface area contributed by atoms with Crippen LogP contribution >= 0.6 is 0 Å². The van der Waals surface area contributed by atoms with Gasteiger partial charge in [0.1, 0.15) is 5.82 Å². The van der Waals surface area contributed by atoms with Crippen LogP contribution in [0.3, 0.4) is 0 Å². The van der Waals surface area contributed by atoms with E-state index in [9.17, 15) is 13.2 Å². The Morgan fingerprint density at radius 1 is 1.30 bits per heavy atom. The average molecular weight is 384 g/mol. The van der Waals surface area contributed by atoms with Crippen LogP contribution in [0.25, 0.3) is 0 Å². The first-order valence-electron chi connectivity index (χ1n) is 8.73. The number of ether oxygens (including phenoxy) is 1. The van der Waals surface area contributed by atoms with Crippen molar-refractivity contribution in [1.29, 1.82) is 0 Å². The van der Waals surface area contributed by atoms with E-state index >= 15 is 0 Å². The second-order valence-corrected chi connectivity index (χ2v) is 7.12. The summed E-state index contributed by atoms with van der Waals surface area (Å²) in [6, 6.07) is 0. The molecular weight excluding hydrogens is 361 g/mol. The van der Waals surface area contributed by atoms with Crippen molar-refractivity contribution in [3.8, 4) is 0 Å². The molecule has 0 bridgehead atoms. The zero-order valence-corrected chi connectivity index (χ0v) is 15.5. The molecule has 148 valence electrons. The van der Waals surface area contributed by atoms with E-state index in [1.54, 1.807) is 13.1 Å². The minimum Gasteiger partial charge on any atom is -0.380 e. The van der Waals surface area contributed by atoms with Crippen LogP contribution in [-0.4, -0.2) is 45.7 Å². The lowest BCUT2D eigenvalue weighted by Gasteiger charge is -2.38. The van der Waals surface area contributed by atoms with E-state index in [1.165, 1.54) is 6.20 Å². The van der Waals surface area contributed by atoms with E-state index in [0.29, 0.717) is 25.4 Å². The van der Waals surface area contributed by atoms with Gasteiger partial charge in [-0.1, -0.05) is 6.92 Å². The third kappa shape index (κ3) is 4.68. The van der Waals surface area contributed by atoms with E-state index in [2.05, 4.69) is 32.6 Å². The van der Waals surface area contributed by atoms with Crippen LogP contribution in [0.15, 0.2) is 12.4 Å². The highest BCUT2D eigenvalue weighted by atomic mass is 19.4. The largest absolute Gasteiger partial charge is 0.393 e. The Kier molecular flexibility index (Phi) is 5.27. The highest BCUT2D eigenvalue weighted by Gasteiger charge is 2.34. The van der Waals surface area contributed by atoms with Gasteiger partial charge in [0.2, 0.25) is 5.95 Å². The zero-order chi connectivity index (χ0) is 19.7. The van der Waals surface area contributed by atoms with Gasteiger partial charge in [0.25, 0.3) is 0 Å². The van der Waals surface area contributed by atoms with Crippen LogP contribution in [0, 0.1) is 12.3 Å². The average Bonchev–Trinajstić information content (AvgIpc) is 2.88. The van der Waals surface area contributed by atoms with Crippen molar-refractivity contribution >= 4 is 17.5 Å². The van der Waals surface area contributed by atoms with Crippen LogP contribution in [0.5, 0.6) is 0 Å². The number of hydrogen-bond donors (Lipinski definition) is 2. The van der Waals surface area contributed by atoms with E-state index in [1.807, 2.05) is 11.6 Å². The van der Waals surface area contributed by atoms with Crippen molar-refractivity contribution in [1.82, 2.24) is 19.7 Å². The number of halogens is 3. The van der Waals surface area contributed by atoms with E-state index < -0.39 is 12.6 Å². The van der Waals surface area contributed by atoms with Gasteiger partial charge in [-0.15, -0.1) is 0 Å². The van der Waals surface area contributed by atoms with Gasteiger partial charge in [-0.3, -0.25) is 4.68 Å². The molecule has 2 aromatic heterocycles. The monoisotopic (exact) mass is 384 g/mol. The second kappa shape index (κ2) is 7.34. The normalized spacial score (nSPS) is 16.1. The molecule has 7 nitrogen and oxygen atoms in total. The van der Waals surface area contributed by atoms with Gasteiger partial charge in [0, 0.05) is 23.7 Å². The minimum absolute atomic E-state index is 0.0141. The summed E-state index contributed by atoms with van der Waals surface area (Å²) in [5, 5.41) is 10.3. The smallest absolute Gasteiger partial charge is 0.380 e.